The molecule has 2 saturated heterocycles. The molecule has 3 fully saturated rings. The topological polar surface area (TPSA) is 185 Å². The van der Waals surface area contributed by atoms with Crippen LogP contribution in [0.3, 0.4) is 0 Å². The third kappa shape index (κ3) is 5.46. The predicted molar refractivity (Wildman–Crippen MR) is 215 cm³/mol. The van der Waals surface area contributed by atoms with Crippen LogP contribution in [-0.2, 0) is 31.0 Å². The summed E-state index contributed by atoms with van der Waals surface area (Å²) >= 11 is 6.40. The quantitative estimate of drug-likeness (QED) is 0.0798. The zero-order chi connectivity index (χ0) is 41.4. The summed E-state index contributed by atoms with van der Waals surface area (Å²) in [6.45, 7) is 3.83. The fourth-order valence-electron chi connectivity index (χ4n) is 9.96. The van der Waals surface area contributed by atoms with Crippen LogP contribution in [0.2, 0.25) is 5.02 Å². The molecule has 8 rings (SSSR count). The van der Waals surface area contributed by atoms with Gasteiger partial charge in [0.2, 0.25) is 23.6 Å². The van der Waals surface area contributed by atoms with Gasteiger partial charge in [-0.15, -0.1) is 6.58 Å². The van der Waals surface area contributed by atoms with Gasteiger partial charge in [-0.3, -0.25) is 39.4 Å². The van der Waals surface area contributed by atoms with Gasteiger partial charge >= 0.3 is 11.4 Å². The van der Waals surface area contributed by atoms with Crippen LogP contribution >= 0.6 is 11.6 Å². The number of imide groups is 2. The Morgan fingerprint density at radius 2 is 1.53 bits per heavy atom. The average Bonchev–Trinajstić information content (AvgIpc) is 3.59. The second kappa shape index (κ2) is 14.1. The van der Waals surface area contributed by atoms with Crippen LogP contribution in [0.1, 0.15) is 35.4 Å². The van der Waals surface area contributed by atoms with Crippen LogP contribution < -0.4 is 14.7 Å². The molecule has 4 amide bonds. The molecule has 2 aliphatic heterocycles. The molecule has 14 nitrogen and oxygen atoms in total. The number of allylic oxidation sites excluding steroid dienone is 3. The predicted octanol–water partition coefficient (Wildman–Crippen LogP) is 7.02. The number of aromatic hydroxyl groups is 1. The molecule has 2 aliphatic carbocycles. The van der Waals surface area contributed by atoms with Crippen molar-refractivity contribution in [2.75, 3.05) is 28.8 Å². The van der Waals surface area contributed by atoms with Crippen molar-refractivity contribution in [2.24, 2.45) is 23.7 Å². The van der Waals surface area contributed by atoms with E-state index in [1.807, 2.05) is 6.08 Å². The average molecular weight is 802 g/mol. The molecular formula is C43H36ClN5O9. The molecular weight excluding hydrogens is 766 g/mol. The van der Waals surface area contributed by atoms with Crippen LogP contribution in [-0.4, -0.2) is 52.7 Å². The highest BCUT2D eigenvalue weighted by Crippen LogP contribution is 2.65. The van der Waals surface area contributed by atoms with E-state index >= 15 is 9.59 Å². The minimum absolute atomic E-state index is 0.0107. The summed E-state index contributed by atoms with van der Waals surface area (Å²) < 4.78 is 0. The van der Waals surface area contributed by atoms with E-state index in [1.54, 1.807) is 72.8 Å². The molecule has 58 heavy (non-hydrogen) atoms. The van der Waals surface area contributed by atoms with E-state index in [1.165, 1.54) is 25.1 Å². The molecule has 1 saturated carbocycles. The third-order valence-corrected chi connectivity index (χ3v) is 12.4. The van der Waals surface area contributed by atoms with Crippen molar-refractivity contribution < 1.29 is 34.1 Å². The number of carbonyl (C=O) groups excluding carboxylic acids is 4. The lowest BCUT2D eigenvalue weighted by Crippen LogP contribution is -2.53. The Kier molecular flexibility index (Phi) is 9.26. The highest BCUT2D eigenvalue weighted by molar-refractivity contribution is 6.32. The summed E-state index contributed by atoms with van der Waals surface area (Å²) in [6, 6.07) is 22.4. The van der Waals surface area contributed by atoms with Gasteiger partial charge in [0.25, 0.3) is 0 Å². The maximum Gasteiger partial charge on any atom is 0.301 e. The fraction of sp³-hybridized carbons (Fsp3) is 0.256. The Bertz CT molecular complexity index is 2490. The number of anilines is 3. The summed E-state index contributed by atoms with van der Waals surface area (Å²) in [4.78, 5) is 85.7. The Balaban J connectivity index is 1.35. The molecule has 2 heterocycles. The van der Waals surface area contributed by atoms with Crippen LogP contribution in [0.15, 0.2) is 109 Å². The van der Waals surface area contributed by atoms with E-state index in [0.29, 0.717) is 27.3 Å². The number of phenols is 1. The lowest BCUT2D eigenvalue weighted by Gasteiger charge is -2.50. The second-order valence-electron chi connectivity index (χ2n) is 15.2. The molecule has 4 aromatic carbocycles. The number of nitro groups is 2. The number of phenolic OH excluding ortho intramolecular Hbond substituents is 1. The minimum atomic E-state index is -1.64. The first-order valence-electron chi connectivity index (χ1n) is 18.6. The molecule has 0 unspecified atom stereocenters. The van der Waals surface area contributed by atoms with Crippen molar-refractivity contribution in [3.63, 3.8) is 0 Å². The van der Waals surface area contributed by atoms with Crippen molar-refractivity contribution in [3.05, 3.63) is 151 Å². The van der Waals surface area contributed by atoms with E-state index in [4.69, 9.17) is 11.6 Å². The minimum Gasteiger partial charge on any atom is -0.507 e. The molecule has 0 bridgehead atoms. The monoisotopic (exact) mass is 801 g/mol. The molecule has 0 aromatic heterocycles. The molecule has 0 spiro atoms. The zero-order valence-electron chi connectivity index (χ0n) is 31.3. The number of hydrogen-bond donors (Lipinski definition) is 1. The Morgan fingerprint density at radius 1 is 0.862 bits per heavy atom. The Labute approximate surface area is 336 Å². The van der Waals surface area contributed by atoms with Crippen LogP contribution in [0, 0.1) is 43.9 Å². The maximum absolute atomic E-state index is 15.5. The zero-order valence-corrected chi connectivity index (χ0v) is 32.0. The molecule has 4 aromatic rings. The molecule has 4 aliphatic rings. The van der Waals surface area contributed by atoms with E-state index in [0.717, 1.165) is 21.9 Å². The summed E-state index contributed by atoms with van der Waals surface area (Å²) in [5.41, 5.74) is -1.41. The standard InChI is InChI=1S/C43H36ClN5O9/c1-4-10-23-11-8-16-30(38(23)50)36-28-17-18-29-35(41(53)46(39(29)51)27-20-33(48(55)56)37(45(2)3)34(21-27)49(57)58)31(28)22-32-40(52)47(26-15-9-14-25(44)19-26)42(54)43(32,36)24-12-6-5-7-13-24/h4-9,11-17,19-21,29,31-32,35-36,50H,1,10,18,22H2,2-3H3/t29-,31+,32-,35-,36+,43+/m0/s1. The van der Waals surface area contributed by atoms with Gasteiger partial charge in [0, 0.05) is 42.7 Å². The van der Waals surface area contributed by atoms with Crippen LogP contribution in [0.4, 0.5) is 28.4 Å². The van der Waals surface area contributed by atoms with Crippen molar-refractivity contribution in [2.45, 2.75) is 30.6 Å². The van der Waals surface area contributed by atoms with Crippen molar-refractivity contribution in [1.82, 2.24) is 0 Å². The molecule has 1 N–H and O–H groups in total. The summed E-state index contributed by atoms with van der Waals surface area (Å²) in [7, 11) is 2.82. The van der Waals surface area contributed by atoms with Crippen molar-refractivity contribution in [1.29, 1.82) is 0 Å². The van der Waals surface area contributed by atoms with Crippen LogP contribution in [0.25, 0.3) is 0 Å². The second-order valence-corrected chi connectivity index (χ2v) is 15.6. The first-order chi connectivity index (χ1) is 27.7. The van der Waals surface area contributed by atoms with Gasteiger partial charge in [0.1, 0.15) is 5.75 Å². The number of hydrogen-bond acceptors (Lipinski definition) is 10. The number of benzene rings is 4. The Hall–Kier alpha value is -6.67. The normalized spacial score (nSPS) is 24.9. The van der Waals surface area contributed by atoms with Crippen molar-refractivity contribution in [3.8, 4) is 5.75 Å². The van der Waals surface area contributed by atoms with Crippen LogP contribution in [0.5, 0.6) is 5.75 Å². The van der Waals surface area contributed by atoms with E-state index in [-0.39, 0.29) is 42.1 Å². The van der Waals surface area contributed by atoms with E-state index in [9.17, 15) is 34.9 Å². The number of rotatable bonds is 9. The molecule has 0 radical (unpaired) electrons. The van der Waals surface area contributed by atoms with Gasteiger partial charge < -0.3 is 10.0 Å². The van der Waals surface area contributed by atoms with E-state index in [2.05, 4.69) is 6.58 Å². The smallest absolute Gasteiger partial charge is 0.301 e. The third-order valence-electron chi connectivity index (χ3n) is 12.1. The van der Waals surface area contributed by atoms with E-state index < -0.39 is 79.9 Å². The number of para-hydroxylation sites is 1. The number of nitrogens with zero attached hydrogens (tertiary/aromatic N) is 5. The van der Waals surface area contributed by atoms with Gasteiger partial charge in [0.15, 0.2) is 5.69 Å². The highest BCUT2D eigenvalue weighted by Gasteiger charge is 2.70. The SMILES string of the molecule is C=CCc1cccc([C@H]2C3=CC[C@@H]4C(=O)N(c5cc([N+](=O)[O-])c(N(C)C)c([N+](=O)[O-])c5)C(=O)[C@@H]4[C@@H]3C[C@H]3C(=O)N(c4cccc(Cl)c4)C(=O)[C@@]23c2ccccc2)c1O. The van der Waals surface area contributed by atoms with Gasteiger partial charge in [0.05, 0.1) is 44.4 Å². The number of amides is 4. The van der Waals surface area contributed by atoms with Gasteiger partial charge in [-0.05, 0) is 54.5 Å². The lowest BCUT2D eigenvalue weighted by atomic mass is 9.49. The first-order valence-corrected chi connectivity index (χ1v) is 18.9. The van der Waals surface area contributed by atoms with Gasteiger partial charge in [-0.2, -0.15) is 0 Å². The number of fused-ring (bicyclic) bond motifs is 4. The Morgan fingerprint density at radius 3 is 2.16 bits per heavy atom. The summed E-state index contributed by atoms with van der Waals surface area (Å²) in [6.07, 6.45) is 3.68. The van der Waals surface area contributed by atoms with Gasteiger partial charge in [-0.25, -0.2) is 9.80 Å². The molecule has 6 atom stereocenters. The van der Waals surface area contributed by atoms with Crippen molar-refractivity contribution >= 4 is 63.7 Å². The molecule has 294 valence electrons. The number of carbonyl (C=O) groups is 4. The lowest BCUT2D eigenvalue weighted by molar-refractivity contribution is -0.392. The summed E-state index contributed by atoms with van der Waals surface area (Å²) in [5.74, 6) is -7.74. The maximum atomic E-state index is 15.5. The largest absolute Gasteiger partial charge is 0.507 e. The van der Waals surface area contributed by atoms with Gasteiger partial charge in [-0.1, -0.05) is 83.9 Å². The number of nitro benzene ring substituents is 2. The first kappa shape index (κ1) is 38.2. The number of halogens is 1. The molecule has 15 heteroatoms. The highest BCUT2D eigenvalue weighted by atomic mass is 35.5. The fourth-order valence-corrected chi connectivity index (χ4v) is 10.1. The summed E-state index contributed by atoms with van der Waals surface area (Å²) in [5, 5.41) is 36.8.